The number of hydrogen-bond acceptors (Lipinski definition) is 6. The molecule has 0 spiro atoms. The molecule has 1 N–H and O–H groups in total. The lowest BCUT2D eigenvalue weighted by molar-refractivity contribution is 0.0884. The van der Waals surface area contributed by atoms with Crippen LogP contribution >= 0.6 is 0 Å². The van der Waals surface area contributed by atoms with E-state index in [1.807, 2.05) is 133 Å². The number of Topliss-reactive ketones (excluding diaryl/α,β-unsaturated/α-hetero) is 1. The Bertz CT molecular complexity index is 1970. The maximum Gasteiger partial charge on any atom is 0.235 e. The normalized spacial score (nSPS) is 11.3. The SMILES string of the molecule is O=C(C(OCc1ccccc1)=C(OCc1ccccc1)c1ccc(OCc2ccccc2)c(OCc2ccccc2)c1)c1ccccc1O. The van der Waals surface area contributed by atoms with Crippen LogP contribution in [0.15, 0.2) is 170 Å². The van der Waals surface area contributed by atoms with Gasteiger partial charge in [-0.3, -0.25) is 4.79 Å². The van der Waals surface area contributed by atoms with E-state index < -0.39 is 5.78 Å². The Morgan fingerprint density at radius 1 is 0.469 bits per heavy atom. The number of ether oxygens (including phenoxy) is 4. The van der Waals surface area contributed by atoms with E-state index in [0.29, 0.717) is 30.3 Å². The van der Waals surface area contributed by atoms with Gasteiger partial charge in [-0.1, -0.05) is 133 Å². The average molecular weight is 649 g/mol. The minimum absolute atomic E-state index is 0.0479. The van der Waals surface area contributed by atoms with Gasteiger partial charge < -0.3 is 24.1 Å². The third-order valence-electron chi connectivity index (χ3n) is 7.69. The third-order valence-corrected chi connectivity index (χ3v) is 7.69. The lowest BCUT2D eigenvalue weighted by Gasteiger charge is -2.20. The van der Waals surface area contributed by atoms with Gasteiger partial charge in [0, 0.05) is 5.56 Å². The zero-order chi connectivity index (χ0) is 33.7. The number of hydrogen-bond donors (Lipinski definition) is 1. The molecule has 0 unspecified atom stereocenters. The lowest BCUT2D eigenvalue weighted by atomic mass is 10.0. The van der Waals surface area contributed by atoms with Gasteiger partial charge in [-0.25, -0.2) is 0 Å². The zero-order valence-corrected chi connectivity index (χ0v) is 26.9. The molecule has 244 valence electrons. The maximum absolute atomic E-state index is 14.3. The number of ketones is 1. The summed E-state index contributed by atoms with van der Waals surface area (Å²) in [6, 6.07) is 50.8. The van der Waals surface area contributed by atoms with Crippen LogP contribution in [0.2, 0.25) is 0 Å². The van der Waals surface area contributed by atoms with Crippen LogP contribution in [0.5, 0.6) is 17.2 Å². The molecule has 0 saturated carbocycles. The Labute approximate surface area is 286 Å². The van der Waals surface area contributed by atoms with E-state index in [2.05, 4.69) is 0 Å². The van der Waals surface area contributed by atoms with Crippen LogP contribution in [0.1, 0.15) is 38.2 Å². The molecule has 0 heterocycles. The van der Waals surface area contributed by atoms with E-state index in [0.717, 1.165) is 22.3 Å². The molecule has 6 aromatic rings. The highest BCUT2D eigenvalue weighted by atomic mass is 16.5. The highest BCUT2D eigenvalue weighted by Gasteiger charge is 2.26. The van der Waals surface area contributed by atoms with Gasteiger partial charge in [-0.05, 0) is 52.6 Å². The molecular weight excluding hydrogens is 612 g/mol. The molecule has 0 aliphatic heterocycles. The molecule has 6 aromatic carbocycles. The first kappa shape index (κ1) is 32.7. The highest BCUT2D eigenvalue weighted by Crippen LogP contribution is 2.36. The van der Waals surface area contributed by atoms with Crippen molar-refractivity contribution < 1.29 is 28.8 Å². The Hall–Kier alpha value is -6.27. The van der Waals surface area contributed by atoms with Crippen molar-refractivity contribution >= 4 is 11.5 Å². The first-order chi connectivity index (χ1) is 24.1. The van der Waals surface area contributed by atoms with Crippen LogP contribution < -0.4 is 9.47 Å². The molecule has 0 saturated heterocycles. The number of para-hydroxylation sites is 1. The minimum Gasteiger partial charge on any atom is -0.507 e. The second-order valence-electron chi connectivity index (χ2n) is 11.3. The van der Waals surface area contributed by atoms with E-state index >= 15 is 0 Å². The first-order valence-electron chi connectivity index (χ1n) is 16.0. The summed E-state index contributed by atoms with van der Waals surface area (Å²) >= 11 is 0. The predicted molar refractivity (Wildman–Crippen MR) is 190 cm³/mol. The smallest absolute Gasteiger partial charge is 0.235 e. The molecule has 49 heavy (non-hydrogen) atoms. The van der Waals surface area contributed by atoms with Crippen molar-refractivity contribution in [3.05, 3.63) is 203 Å². The molecule has 0 amide bonds. The van der Waals surface area contributed by atoms with Crippen molar-refractivity contribution in [3.63, 3.8) is 0 Å². The van der Waals surface area contributed by atoms with Crippen LogP contribution in [-0.2, 0) is 35.9 Å². The fraction of sp³-hybridized carbons (Fsp3) is 0.0930. The zero-order valence-electron chi connectivity index (χ0n) is 26.9. The van der Waals surface area contributed by atoms with Crippen LogP contribution in [0.3, 0.4) is 0 Å². The van der Waals surface area contributed by atoms with Gasteiger partial charge in [-0.15, -0.1) is 0 Å². The van der Waals surface area contributed by atoms with Crippen LogP contribution in [0.4, 0.5) is 0 Å². The summed E-state index contributed by atoms with van der Waals surface area (Å²) in [6.07, 6.45) is 0. The van der Waals surface area contributed by atoms with Gasteiger partial charge in [-0.2, -0.15) is 0 Å². The standard InChI is InChI=1S/C43H36O6/c44-38-24-14-13-23-37(38)41(45)43(49-31-35-21-11-4-12-22-35)42(48-30-34-19-9-3-10-20-34)36-25-26-39(46-28-32-15-5-1-6-16-32)40(27-36)47-29-33-17-7-2-8-18-33/h1-27,44H,28-31H2. The molecule has 0 atom stereocenters. The number of carbonyl (C=O) groups is 1. The average Bonchev–Trinajstić information content (AvgIpc) is 3.16. The van der Waals surface area contributed by atoms with Gasteiger partial charge in [0.15, 0.2) is 17.3 Å². The number of rotatable bonds is 15. The summed E-state index contributed by atoms with van der Waals surface area (Å²) in [5, 5.41) is 10.7. The molecule has 0 bridgehead atoms. The summed E-state index contributed by atoms with van der Waals surface area (Å²) in [7, 11) is 0. The fourth-order valence-electron chi connectivity index (χ4n) is 5.11. The van der Waals surface area contributed by atoms with Gasteiger partial charge in [0.05, 0.1) is 5.56 Å². The number of phenols is 1. The van der Waals surface area contributed by atoms with Crippen molar-refractivity contribution in [1.29, 1.82) is 0 Å². The molecule has 6 nitrogen and oxygen atoms in total. The van der Waals surface area contributed by atoms with Crippen molar-refractivity contribution in [2.75, 3.05) is 0 Å². The largest absolute Gasteiger partial charge is 0.507 e. The van der Waals surface area contributed by atoms with Crippen molar-refractivity contribution in [2.24, 2.45) is 0 Å². The Morgan fingerprint density at radius 3 is 1.45 bits per heavy atom. The monoisotopic (exact) mass is 648 g/mol. The number of carbonyl (C=O) groups excluding carboxylic acids is 1. The summed E-state index contributed by atoms with van der Waals surface area (Å²) in [5.41, 5.74) is 4.40. The summed E-state index contributed by atoms with van der Waals surface area (Å²) in [6.45, 7) is 0.897. The van der Waals surface area contributed by atoms with Crippen molar-refractivity contribution in [2.45, 2.75) is 26.4 Å². The molecule has 0 fully saturated rings. The second-order valence-corrected chi connectivity index (χ2v) is 11.3. The maximum atomic E-state index is 14.3. The topological polar surface area (TPSA) is 74.2 Å². The van der Waals surface area contributed by atoms with Gasteiger partial charge in [0.1, 0.15) is 32.2 Å². The lowest BCUT2D eigenvalue weighted by Crippen LogP contribution is -2.12. The number of benzene rings is 6. The second kappa shape index (κ2) is 16.5. The van der Waals surface area contributed by atoms with Gasteiger partial charge in [0.25, 0.3) is 0 Å². The first-order valence-corrected chi connectivity index (χ1v) is 16.0. The molecular formula is C43H36O6. The number of aromatic hydroxyl groups is 1. The highest BCUT2D eigenvalue weighted by molar-refractivity contribution is 6.12. The van der Waals surface area contributed by atoms with Crippen LogP contribution in [0, 0.1) is 0 Å². The Morgan fingerprint density at radius 2 is 0.918 bits per heavy atom. The summed E-state index contributed by atoms with van der Waals surface area (Å²) in [4.78, 5) is 14.3. The molecule has 6 rings (SSSR count). The number of phenolic OH excluding ortho intramolecular Hbond substituents is 1. The van der Waals surface area contributed by atoms with E-state index in [1.165, 1.54) is 6.07 Å². The molecule has 0 aromatic heterocycles. The minimum atomic E-state index is -0.520. The quantitative estimate of drug-likeness (QED) is 0.0679. The van der Waals surface area contributed by atoms with Gasteiger partial charge >= 0.3 is 0 Å². The van der Waals surface area contributed by atoms with E-state index in [-0.39, 0.29) is 36.0 Å². The van der Waals surface area contributed by atoms with E-state index in [1.54, 1.807) is 24.3 Å². The Kier molecular flexibility index (Phi) is 11.0. The third kappa shape index (κ3) is 8.96. The number of allylic oxidation sites excluding steroid dienone is 1. The van der Waals surface area contributed by atoms with Gasteiger partial charge in [0.2, 0.25) is 11.5 Å². The van der Waals surface area contributed by atoms with E-state index in [4.69, 9.17) is 18.9 Å². The van der Waals surface area contributed by atoms with Crippen molar-refractivity contribution in [3.8, 4) is 17.2 Å². The van der Waals surface area contributed by atoms with E-state index in [9.17, 15) is 9.90 Å². The molecule has 0 radical (unpaired) electrons. The molecule has 0 aliphatic carbocycles. The Balaban J connectivity index is 1.44. The summed E-state index contributed by atoms with van der Waals surface area (Å²) in [5.74, 6) is 0.473. The molecule has 0 aliphatic rings. The van der Waals surface area contributed by atoms with Crippen molar-refractivity contribution in [1.82, 2.24) is 0 Å². The van der Waals surface area contributed by atoms with Crippen LogP contribution in [-0.4, -0.2) is 10.9 Å². The van der Waals surface area contributed by atoms with Crippen LogP contribution in [0.25, 0.3) is 5.76 Å². The molecule has 6 heteroatoms. The predicted octanol–water partition coefficient (Wildman–Crippen LogP) is 9.54. The fourth-order valence-corrected chi connectivity index (χ4v) is 5.11. The summed E-state index contributed by atoms with van der Waals surface area (Å²) < 4.78 is 25.5.